The molecular weight excluding hydrogens is 256 g/mol. The third-order valence-corrected chi connectivity index (χ3v) is 2.32. The Morgan fingerprint density at radius 3 is 2.37 bits per heavy atom. The van der Waals surface area contributed by atoms with Crippen molar-refractivity contribution in [3.05, 3.63) is 29.8 Å². The lowest BCUT2D eigenvalue weighted by atomic mass is 10.3. The summed E-state index contributed by atoms with van der Waals surface area (Å²) in [6.45, 7) is 0.164. The smallest absolute Gasteiger partial charge is 0.238 e. The van der Waals surface area contributed by atoms with Gasteiger partial charge in [0, 0.05) is 20.0 Å². The van der Waals surface area contributed by atoms with E-state index in [1.54, 1.807) is 0 Å². The number of hydrogen-bond acceptors (Lipinski definition) is 3. The lowest BCUT2D eigenvalue weighted by Gasteiger charge is -2.08. The number of carbonyl (C=O) groups excluding carboxylic acids is 2. The molecule has 0 aliphatic carbocycles. The van der Waals surface area contributed by atoms with Crippen molar-refractivity contribution in [1.29, 1.82) is 0 Å². The van der Waals surface area contributed by atoms with Crippen LogP contribution in [-0.4, -0.2) is 32.0 Å². The van der Waals surface area contributed by atoms with Gasteiger partial charge < -0.3 is 16.0 Å². The van der Waals surface area contributed by atoms with Crippen LogP contribution in [0.15, 0.2) is 18.2 Å². The first-order valence-corrected chi connectivity index (χ1v) is 5.69. The van der Waals surface area contributed by atoms with Gasteiger partial charge in [-0.05, 0) is 12.1 Å². The van der Waals surface area contributed by atoms with Crippen molar-refractivity contribution < 1.29 is 18.4 Å². The molecule has 19 heavy (non-hydrogen) atoms. The number of nitrogens with one attached hydrogen (secondary N) is 3. The summed E-state index contributed by atoms with van der Waals surface area (Å²) in [6.07, 6.45) is 0.220. The van der Waals surface area contributed by atoms with Crippen molar-refractivity contribution in [1.82, 2.24) is 10.6 Å². The summed E-state index contributed by atoms with van der Waals surface area (Å²) in [5.41, 5.74) is -0.472. The second-order valence-electron chi connectivity index (χ2n) is 3.74. The maximum atomic E-state index is 13.2. The van der Waals surface area contributed by atoms with Gasteiger partial charge >= 0.3 is 0 Å². The van der Waals surface area contributed by atoms with Gasteiger partial charge in [-0.15, -0.1) is 0 Å². The highest BCUT2D eigenvalue weighted by molar-refractivity contribution is 5.92. The Labute approximate surface area is 109 Å². The molecule has 3 N–H and O–H groups in total. The largest absolute Gasteiger partial charge is 0.359 e. The molecule has 0 bridgehead atoms. The van der Waals surface area contributed by atoms with E-state index in [2.05, 4.69) is 16.0 Å². The van der Waals surface area contributed by atoms with E-state index in [-0.39, 0.29) is 18.9 Å². The van der Waals surface area contributed by atoms with Crippen molar-refractivity contribution >= 4 is 17.5 Å². The average molecular weight is 271 g/mol. The third kappa shape index (κ3) is 5.01. The highest BCUT2D eigenvalue weighted by atomic mass is 19.1. The summed E-state index contributed by atoms with van der Waals surface area (Å²) < 4.78 is 26.4. The molecule has 1 rings (SSSR count). The Kier molecular flexibility index (Phi) is 5.87. The van der Waals surface area contributed by atoms with Gasteiger partial charge in [0.25, 0.3) is 0 Å². The summed E-state index contributed by atoms with van der Waals surface area (Å²) in [5.74, 6) is -2.41. The van der Waals surface area contributed by atoms with E-state index in [4.69, 9.17) is 0 Å². The molecule has 1 aromatic carbocycles. The van der Waals surface area contributed by atoms with Gasteiger partial charge in [-0.3, -0.25) is 9.59 Å². The maximum absolute atomic E-state index is 13.2. The van der Waals surface area contributed by atoms with Crippen LogP contribution >= 0.6 is 0 Å². The molecule has 0 heterocycles. The lowest BCUT2D eigenvalue weighted by Crippen LogP contribution is -2.31. The zero-order valence-corrected chi connectivity index (χ0v) is 10.4. The first-order valence-electron chi connectivity index (χ1n) is 5.69. The van der Waals surface area contributed by atoms with E-state index in [0.717, 1.165) is 12.1 Å². The second-order valence-corrected chi connectivity index (χ2v) is 3.74. The molecule has 0 atom stereocenters. The second kappa shape index (κ2) is 7.42. The molecule has 0 aliphatic heterocycles. The summed E-state index contributed by atoms with van der Waals surface area (Å²) in [5, 5.41) is 7.25. The van der Waals surface area contributed by atoms with Gasteiger partial charge in [0.05, 0.1) is 6.54 Å². The normalized spacial score (nSPS) is 10.1. The van der Waals surface area contributed by atoms with Gasteiger partial charge in [-0.1, -0.05) is 6.07 Å². The first-order chi connectivity index (χ1) is 9.04. The molecule has 5 nitrogen and oxygen atoms in total. The quantitative estimate of drug-likeness (QED) is 0.665. The Hall–Kier alpha value is -2.02. The molecule has 7 heteroatoms. The van der Waals surface area contributed by atoms with Crippen LogP contribution in [0.4, 0.5) is 14.5 Å². The number of carbonyl (C=O) groups is 2. The monoisotopic (exact) mass is 271 g/mol. The molecule has 0 spiro atoms. The Morgan fingerprint density at radius 1 is 1.16 bits per heavy atom. The van der Waals surface area contributed by atoms with E-state index < -0.39 is 23.2 Å². The first kappa shape index (κ1) is 15.0. The number of benzene rings is 1. The lowest BCUT2D eigenvalue weighted by molar-refractivity contribution is -0.121. The molecule has 0 radical (unpaired) electrons. The summed E-state index contributed by atoms with van der Waals surface area (Å²) in [7, 11) is 1.51. The fourth-order valence-corrected chi connectivity index (χ4v) is 1.33. The molecule has 0 aliphatic rings. The van der Waals surface area contributed by atoms with Crippen molar-refractivity contribution in [2.75, 3.05) is 25.5 Å². The van der Waals surface area contributed by atoms with E-state index in [1.165, 1.54) is 13.1 Å². The summed E-state index contributed by atoms with van der Waals surface area (Å²) in [6, 6.07) is 3.32. The number of rotatable bonds is 6. The number of amides is 2. The van der Waals surface area contributed by atoms with Crippen LogP contribution in [0.3, 0.4) is 0 Å². The highest BCUT2D eigenvalue weighted by Crippen LogP contribution is 2.17. The Balaban J connectivity index is 2.37. The van der Waals surface area contributed by atoms with Crippen LogP contribution in [0.25, 0.3) is 0 Å². The predicted molar refractivity (Wildman–Crippen MR) is 66.5 cm³/mol. The van der Waals surface area contributed by atoms with E-state index in [1.807, 2.05) is 0 Å². The van der Waals surface area contributed by atoms with Crippen LogP contribution < -0.4 is 16.0 Å². The van der Waals surface area contributed by atoms with E-state index >= 15 is 0 Å². The molecule has 0 fully saturated rings. The minimum absolute atomic E-state index is 0.134. The Bertz CT molecular complexity index is 446. The average Bonchev–Trinajstić information content (AvgIpc) is 2.39. The molecule has 1 aromatic rings. The standard InChI is InChI=1S/C12H15F2N3O2/c1-15-10(18)5-6-16-7-11(19)17-12-8(13)3-2-4-9(12)14/h2-4,16H,5-7H2,1H3,(H,15,18)(H,17,19). The number of anilines is 1. The van der Waals surface area contributed by atoms with Crippen LogP contribution in [0.1, 0.15) is 6.42 Å². The fraction of sp³-hybridized carbons (Fsp3) is 0.333. The molecule has 0 aromatic heterocycles. The molecule has 0 saturated carbocycles. The van der Waals surface area contributed by atoms with Crippen LogP contribution in [0, 0.1) is 11.6 Å². The van der Waals surface area contributed by atoms with Gasteiger partial charge in [0.15, 0.2) is 0 Å². The third-order valence-electron chi connectivity index (χ3n) is 2.32. The van der Waals surface area contributed by atoms with Crippen LogP contribution in [0.5, 0.6) is 0 Å². The molecule has 0 unspecified atom stereocenters. The Morgan fingerprint density at radius 2 is 1.79 bits per heavy atom. The minimum atomic E-state index is -0.835. The zero-order chi connectivity index (χ0) is 14.3. The van der Waals surface area contributed by atoms with Crippen molar-refractivity contribution in [3.63, 3.8) is 0 Å². The molecular formula is C12H15F2N3O2. The van der Waals surface area contributed by atoms with Crippen molar-refractivity contribution in [2.24, 2.45) is 0 Å². The molecule has 104 valence electrons. The molecule has 2 amide bonds. The summed E-state index contributed by atoms with van der Waals surface area (Å²) in [4.78, 5) is 22.3. The van der Waals surface area contributed by atoms with Crippen molar-refractivity contribution in [3.8, 4) is 0 Å². The van der Waals surface area contributed by atoms with Gasteiger partial charge in [0.2, 0.25) is 11.8 Å². The van der Waals surface area contributed by atoms with Gasteiger partial charge in [0.1, 0.15) is 17.3 Å². The number of para-hydroxylation sites is 1. The predicted octanol–water partition coefficient (Wildman–Crippen LogP) is 0.629. The van der Waals surface area contributed by atoms with E-state index in [0.29, 0.717) is 6.54 Å². The topological polar surface area (TPSA) is 70.2 Å². The van der Waals surface area contributed by atoms with E-state index in [9.17, 15) is 18.4 Å². The van der Waals surface area contributed by atoms with Crippen molar-refractivity contribution in [2.45, 2.75) is 6.42 Å². The maximum Gasteiger partial charge on any atom is 0.238 e. The summed E-state index contributed by atoms with van der Waals surface area (Å²) >= 11 is 0. The minimum Gasteiger partial charge on any atom is -0.359 e. The van der Waals surface area contributed by atoms with Gasteiger partial charge in [-0.2, -0.15) is 0 Å². The highest BCUT2D eigenvalue weighted by Gasteiger charge is 2.11. The van der Waals surface area contributed by atoms with Crippen LogP contribution in [0.2, 0.25) is 0 Å². The van der Waals surface area contributed by atoms with Gasteiger partial charge in [-0.25, -0.2) is 8.78 Å². The van der Waals surface area contributed by atoms with Crippen LogP contribution in [-0.2, 0) is 9.59 Å². The molecule has 0 saturated heterocycles. The fourth-order valence-electron chi connectivity index (χ4n) is 1.33. The zero-order valence-electron chi connectivity index (χ0n) is 10.4. The SMILES string of the molecule is CNC(=O)CCNCC(=O)Nc1c(F)cccc1F. The number of hydrogen-bond donors (Lipinski definition) is 3. The number of halogens is 2.